The highest BCUT2D eigenvalue weighted by atomic mass is 79.9. The third kappa shape index (κ3) is 2.38. The Morgan fingerprint density at radius 2 is 2.12 bits per heavy atom. The number of rotatable bonds is 2. The second-order valence-electron chi connectivity index (χ2n) is 4.77. The van der Waals surface area contributed by atoms with Gasteiger partial charge in [-0.05, 0) is 44.0 Å². The van der Waals surface area contributed by atoms with Crippen molar-refractivity contribution in [3.05, 3.63) is 34.3 Å². The minimum Gasteiger partial charge on any atom is -0.332 e. The number of halogens is 1. The number of hydrogen-bond donors (Lipinski definition) is 1. The van der Waals surface area contributed by atoms with Gasteiger partial charge < -0.3 is 10.6 Å². The second kappa shape index (κ2) is 4.78. The molecular formula is C13H17BrN2O. The maximum Gasteiger partial charge on any atom is 0.254 e. The number of carbonyl (C=O) groups is 1. The minimum absolute atomic E-state index is 0.0861. The van der Waals surface area contributed by atoms with Crippen LogP contribution in [0.2, 0.25) is 0 Å². The molecule has 3 nitrogen and oxygen atoms in total. The summed E-state index contributed by atoms with van der Waals surface area (Å²) in [6, 6.07) is 7.48. The van der Waals surface area contributed by atoms with Crippen LogP contribution < -0.4 is 5.73 Å². The van der Waals surface area contributed by atoms with Gasteiger partial charge in [0.1, 0.15) is 0 Å². The fourth-order valence-corrected chi connectivity index (χ4v) is 2.59. The van der Waals surface area contributed by atoms with E-state index in [-0.39, 0.29) is 11.4 Å². The van der Waals surface area contributed by atoms with Gasteiger partial charge in [-0.1, -0.05) is 15.9 Å². The Morgan fingerprint density at radius 1 is 1.47 bits per heavy atom. The van der Waals surface area contributed by atoms with Crippen molar-refractivity contribution in [2.75, 3.05) is 13.1 Å². The fourth-order valence-electron chi connectivity index (χ4n) is 2.33. The van der Waals surface area contributed by atoms with Crippen molar-refractivity contribution in [1.29, 1.82) is 0 Å². The van der Waals surface area contributed by atoms with Gasteiger partial charge in [0.15, 0.2) is 0 Å². The molecule has 0 bridgehead atoms. The van der Waals surface area contributed by atoms with Crippen LogP contribution in [-0.2, 0) is 0 Å². The summed E-state index contributed by atoms with van der Waals surface area (Å²) >= 11 is 3.37. The number of nitrogens with zero attached hydrogens (tertiary/aromatic N) is 1. The lowest BCUT2D eigenvalue weighted by Crippen LogP contribution is -2.50. The van der Waals surface area contributed by atoms with Gasteiger partial charge in [0, 0.05) is 23.1 Å². The largest absolute Gasteiger partial charge is 0.332 e. The molecule has 2 N–H and O–H groups in total. The van der Waals surface area contributed by atoms with Crippen molar-refractivity contribution >= 4 is 21.8 Å². The van der Waals surface area contributed by atoms with E-state index in [9.17, 15) is 4.79 Å². The zero-order valence-corrected chi connectivity index (χ0v) is 11.5. The molecule has 1 aliphatic heterocycles. The van der Waals surface area contributed by atoms with E-state index in [0.717, 1.165) is 29.4 Å². The molecule has 0 aliphatic carbocycles. The lowest BCUT2D eigenvalue weighted by molar-refractivity contribution is 0.0637. The Bertz CT molecular complexity index is 418. The van der Waals surface area contributed by atoms with Crippen LogP contribution in [0.15, 0.2) is 28.7 Å². The van der Waals surface area contributed by atoms with Crippen molar-refractivity contribution in [2.45, 2.75) is 25.3 Å². The third-order valence-corrected chi connectivity index (χ3v) is 4.05. The van der Waals surface area contributed by atoms with Gasteiger partial charge in [0.2, 0.25) is 0 Å². The quantitative estimate of drug-likeness (QED) is 0.911. The van der Waals surface area contributed by atoms with Gasteiger partial charge in [0.05, 0.1) is 5.54 Å². The van der Waals surface area contributed by atoms with E-state index in [2.05, 4.69) is 22.9 Å². The predicted octanol–water partition coefficient (Wildman–Crippen LogP) is 2.40. The molecule has 0 saturated carbocycles. The number of carbonyl (C=O) groups excluding carboxylic acids is 1. The standard InChI is InChI=1S/C13H17BrN2O/c1-13(9-15)7-2-8-16(13)12(17)10-3-5-11(14)6-4-10/h3-6H,2,7-9,15H2,1H3. The maximum atomic E-state index is 12.4. The molecule has 17 heavy (non-hydrogen) atoms. The van der Waals surface area contributed by atoms with Crippen molar-refractivity contribution in [2.24, 2.45) is 5.73 Å². The van der Waals surface area contributed by atoms with E-state index >= 15 is 0 Å². The zero-order chi connectivity index (χ0) is 12.5. The lowest BCUT2D eigenvalue weighted by atomic mass is 9.98. The Balaban J connectivity index is 2.23. The molecule has 1 amide bonds. The second-order valence-corrected chi connectivity index (χ2v) is 5.68. The van der Waals surface area contributed by atoms with Crippen LogP contribution in [0, 0.1) is 0 Å². The van der Waals surface area contributed by atoms with Gasteiger partial charge in [-0.25, -0.2) is 0 Å². The number of amides is 1. The van der Waals surface area contributed by atoms with Gasteiger partial charge in [-0.15, -0.1) is 0 Å². The van der Waals surface area contributed by atoms with Gasteiger partial charge in [-0.2, -0.15) is 0 Å². The first kappa shape index (κ1) is 12.6. The first-order chi connectivity index (χ1) is 8.07. The Kier molecular flexibility index (Phi) is 3.54. The van der Waals surface area contributed by atoms with Crippen LogP contribution in [-0.4, -0.2) is 29.4 Å². The molecule has 1 unspecified atom stereocenters. The monoisotopic (exact) mass is 296 g/mol. The summed E-state index contributed by atoms with van der Waals surface area (Å²) in [6.45, 7) is 3.40. The summed E-state index contributed by atoms with van der Waals surface area (Å²) in [7, 11) is 0. The minimum atomic E-state index is -0.176. The van der Waals surface area contributed by atoms with E-state index in [4.69, 9.17) is 5.73 Å². The summed E-state index contributed by atoms with van der Waals surface area (Å²) in [5, 5.41) is 0. The average Bonchev–Trinajstić information content (AvgIpc) is 2.72. The summed E-state index contributed by atoms with van der Waals surface area (Å²) in [4.78, 5) is 14.3. The first-order valence-corrected chi connectivity index (χ1v) is 6.64. The van der Waals surface area contributed by atoms with E-state index in [1.165, 1.54) is 0 Å². The number of likely N-dealkylation sites (tertiary alicyclic amines) is 1. The molecule has 0 aromatic heterocycles. The van der Waals surface area contributed by atoms with Crippen LogP contribution >= 0.6 is 15.9 Å². The predicted molar refractivity (Wildman–Crippen MR) is 71.9 cm³/mol. The first-order valence-electron chi connectivity index (χ1n) is 5.84. The van der Waals surface area contributed by atoms with Crippen LogP contribution in [0.5, 0.6) is 0 Å². The molecule has 1 heterocycles. The average molecular weight is 297 g/mol. The summed E-state index contributed by atoms with van der Waals surface area (Å²) in [5.74, 6) is 0.0861. The Morgan fingerprint density at radius 3 is 2.71 bits per heavy atom. The van der Waals surface area contributed by atoms with E-state index in [1.807, 2.05) is 29.2 Å². The Hall–Kier alpha value is -0.870. The number of nitrogens with two attached hydrogens (primary N) is 1. The zero-order valence-electron chi connectivity index (χ0n) is 9.95. The van der Waals surface area contributed by atoms with Crippen molar-refractivity contribution in [3.8, 4) is 0 Å². The maximum absolute atomic E-state index is 12.4. The smallest absolute Gasteiger partial charge is 0.254 e. The van der Waals surface area contributed by atoms with E-state index < -0.39 is 0 Å². The number of hydrogen-bond acceptors (Lipinski definition) is 2. The summed E-state index contributed by atoms with van der Waals surface area (Å²) in [5.41, 5.74) is 6.35. The molecule has 1 aromatic rings. The van der Waals surface area contributed by atoms with Crippen LogP contribution in [0.1, 0.15) is 30.1 Å². The highest BCUT2D eigenvalue weighted by Crippen LogP contribution is 2.29. The molecule has 92 valence electrons. The molecule has 1 atom stereocenters. The summed E-state index contributed by atoms with van der Waals surface area (Å²) in [6.07, 6.45) is 2.03. The van der Waals surface area contributed by atoms with Gasteiger partial charge in [0.25, 0.3) is 5.91 Å². The number of benzene rings is 1. The normalized spacial score (nSPS) is 24.1. The Labute approximate surface area is 110 Å². The van der Waals surface area contributed by atoms with Crippen molar-refractivity contribution < 1.29 is 4.79 Å². The van der Waals surface area contributed by atoms with E-state index in [1.54, 1.807) is 0 Å². The van der Waals surface area contributed by atoms with E-state index in [0.29, 0.717) is 6.54 Å². The summed E-state index contributed by atoms with van der Waals surface area (Å²) < 4.78 is 0.983. The molecule has 1 aliphatic rings. The lowest BCUT2D eigenvalue weighted by Gasteiger charge is -2.34. The highest BCUT2D eigenvalue weighted by molar-refractivity contribution is 9.10. The molecule has 1 fully saturated rings. The van der Waals surface area contributed by atoms with Gasteiger partial charge >= 0.3 is 0 Å². The molecule has 2 rings (SSSR count). The highest BCUT2D eigenvalue weighted by Gasteiger charge is 2.38. The molecule has 0 radical (unpaired) electrons. The molecule has 1 aromatic carbocycles. The van der Waals surface area contributed by atoms with Crippen molar-refractivity contribution in [1.82, 2.24) is 4.90 Å². The molecule has 4 heteroatoms. The molecule has 1 saturated heterocycles. The molecule has 0 spiro atoms. The molecular weight excluding hydrogens is 280 g/mol. The topological polar surface area (TPSA) is 46.3 Å². The van der Waals surface area contributed by atoms with Crippen molar-refractivity contribution in [3.63, 3.8) is 0 Å². The van der Waals surface area contributed by atoms with Gasteiger partial charge in [-0.3, -0.25) is 4.79 Å². The van der Waals surface area contributed by atoms with Crippen LogP contribution in [0.25, 0.3) is 0 Å². The van der Waals surface area contributed by atoms with Crippen LogP contribution in [0.4, 0.5) is 0 Å². The third-order valence-electron chi connectivity index (χ3n) is 3.52. The fraction of sp³-hybridized carbons (Fsp3) is 0.462. The van der Waals surface area contributed by atoms with Crippen LogP contribution in [0.3, 0.4) is 0 Å². The SMILES string of the molecule is CC1(CN)CCCN1C(=O)c1ccc(Br)cc1.